The highest BCUT2D eigenvalue weighted by molar-refractivity contribution is 5.57. The number of fused-ring (bicyclic) bond motifs is 8. The number of piperidine rings is 2. The van der Waals surface area contributed by atoms with Gasteiger partial charge in [-0.15, -0.1) is 20.4 Å². The van der Waals surface area contributed by atoms with Gasteiger partial charge in [0.2, 0.25) is 0 Å². The summed E-state index contributed by atoms with van der Waals surface area (Å²) in [5.41, 5.74) is 1.59. The van der Waals surface area contributed by atoms with E-state index in [-0.39, 0.29) is 0 Å². The van der Waals surface area contributed by atoms with Crippen LogP contribution in [0.5, 0.6) is 0 Å². The highest BCUT2D eigenvalue weighted by Crippen LogP contribution is 2.28. The van der Waals surface area contributed by atoms with E-state index in [0.29, 0.717) is 12.1 Å². The van der Waals surface area contributed by atoms with E-state index in [1.54, 1.807) is 0 Å². The lowest BCUT2D eigenvalue weighted by Crippen LogP contribution is -2.38. The van der Waals surface area contributed by atoms with Gasteiger partial charge in [-0.3, -0.25) is 0 Å². The van der Waals surface area contributed by atoms with Crippen molar-refractivity contribution in [3.05, 3.63) is 24.3 Å². The van der Waals surface area contributed by atoms with E-state index < -0.39 is 0 Å². The molecule has 0 atom stereocenters. The molecule has 4 bridgehead atoms. The standard InChI is InChI=1S/C22H30N8/c1-3-21(29-15-13-27-9-5-17(29)6-10-27)25-23-19(1)20-2-4-22(26-24-20)30-16-14-28-11-7-18(30)8-12-28/h1-4,17-18H,5-16H2. The molecule has 0 unspecified atom stereocenters. The summed E-state index contributed by atoms with van der Waals surface area (Å²) in [6, 6.07) is 9.50. The van der Waals surface area contributed by atoms with Gasteiger partial charge in [0.15, 0.2) is 11.6 Å². The van der Waals surface area contributed by atoms with Crippen LogP contribution in [-0.2, 0) is 0 Å². The third-order valence-corrected chi connectivity index (χ3v) is 7.46. The lowest BCUT2D eigenvalue weighted by Gasteiger charge is -2.32. The van der Waals surface area contributed by atoms with Crippen molar-refractivity contribution < 1.29 is 0 Å². The minimum Gasteiger partial charge on any atom is -0.351 e. The van der Waals surface area contributed by atoms with E-state index in [1.165, 1.54) is 51.9 Å². The molecule has 8 nitrogen and oxygen atoms in total. The molecule has 8 rings (SSSR count). The molecule has 8 heteroatoms. The van der Waals surface area contributed by atoms with Gasteiger partial charge >= 0.3 is 0 Å². The molecule has 6 fully saturated rings. The molecule has 6 aliphatic rings. The molecule has 0 amide bonds. The molecule has 0 aliphatic carbocycles. The second-order valence-electron chi connectivity index (χ2n) is 9.09. The number of anilines is 2. The van der Waals surface area contributed by atoms with E-state index in [4.69, 9.17) is 0 Å². The van der Waals surface area contributed by atoms with Gasteiger partial charge in [0.25, 0.3) is 0 Å². The van der Waals surface area contributed by atoms with Gasteiger partial charge < -0.3 is 19.6 Å². The molecule has 158 valence electrons. The van der Waals surface area contributed by atoms with Crippen molar-refractivity contribution in [2.75, 3.05) is 62.2 Å². The molecule has 0 N–H and O–H groups in total. The van der Waals surface area contributed by atoms with Crippen LogP contribution >= 0.6 is 0 Å². The third-order valence-electron chi connectivity index (χ3n) is 7.46. The monoisotopic (exact) mass is 406 g/mol. The SMILES string of the molecule is c1cc(N2CCN3CCC2CC3)nnc1-c1ccc(N2CCN3CCC2CC3)nn1. The van der Waals surface area contributed by atoms with Crippen LogP contribution in [0.2, 0.25) is 0 Å². The van der Waals surface area contributed by atoms with Crippen LogP contribution in [0, 0.1) is 0 Å². The van der Waals surface area contributed by atoms with Crippen molar-refractivity contribution in [3.8, 4) is 11.4 Å². The number of aromatic nitrogens is 4. The van der Waals surface area contributed by atoms with E-state index in [9.17, 15) is 0 Å². The van der Waals surface area contributed by atoms with Crippen molar-refractivity contribution >= 4 is 11.6 Å². The van der Waals surface area contributed by atoms with Crippen molar-refractivity contribution in [2.45, 2.75) is 37.8 Å². The largest absolute Gasteiger partial charge is 0.351 e. The number of hydrogen-bond donors (Lipinski definition) is 0. The molecule has 30 heavy (non-hydrogen) atoms. The van der Waals surface area contributed by atoms with Gasteiger partial charge in [-0.25, -0.2) is 0 Å². The van der Waals surface area contributed by atoms with Gasteiger partial charge in [0.1, 0.15) is 11.4 Å². The predicted octanol–water partition coefficient (Wildman–Crippen LogP) is 1.50. The quantitative estimate of drug-likeness (QED) is 0.760. The van der Waals surface area contributed by atoms with Crippen LogP contribution in [0.3, 0.4) is 0 Å². The maximum Gasteiger partial charge on any atom is 0.151 e. The molecule has 0 saturated carbocycles. The molecular weight excluding hydrogens is 376 g/mol. The molecule has 0 spiro atoms. The Balaban J connectivity index is 1.18. The van der Waals surface area contributed by atoms with Crippen LogP contribution in [0.1, 0.15) is 25.7 Å². The van der Waals surface area contributed by atoms with E-state index in [2.05, 4.69) is 52.1 Å². The minimum atomic E-state index is 0.600. The molecule has 6 aliphatic heterocycles. The maximum atomic E-state index is 4.57. The number of hydrogen-bond acceptors (Lipinski definition) is 8. The Bertz CT molecular complexity index is 780. The zero-order valence-corrected chi connectivity index (χ0v) is 17.5. The molecule has 6 saturated heterocycles. The van der Waals surface area contributed by atoms with Gasteiger partial charge in [0.05, 0.1) is 0 Å². The summed E-state index contributed by atoms with van der Waals surface area (Å²) in [6.45, 7) is 9.19. The normalized spacial score (nSPS) is 30.9. The highest BCUT2D eigenvalue weighted by Gasteiger charge is 2.31. The second kappa shape index (κ2) is 7.74. The summed E-state index contributed by atoms with van der Waals surface area (Å²) < 4.78 is 0. The smallest absolute Gasteiger partial charge is 0.151 e. The van der Waals surface area contributed by atoms with Crippen molar-refractivity contribution in [3.63, 3.8) is 0 Å². The van der Waals surface area contributed by atoms with E-state index in [0.717, 1.165) is 49.2 Å². The summed E-state index contributed by atoms with van der Waals surface area (Å²) >= 11 is 0. The molecule has 2 aromatic heterocycles. The van der Waals surface area contributed by atoms with Gasteiger partial charge in [0, 0.05) is 64.4 Å². The maximum absolute atomic E-state index is 4.57. The summed E-state index contributed by atoms with van der Waals surface area (Å²) in [7, 11) is 0. The van der Waals surface area contributed by atoms with Crippen LogP contribution in [-0.4, -0.2) is 94.6 Å². The van der Waals surface area contributed by atoms with Gasteiger partial charge in [-0.2, -0.15) is 0 Å². The summed E-state index contributed by atoms with van der Waals surface area (Å²) in [5.74, 6) is 1.99. The average molecular weight is 407 g/mol. The van der Waals surface area contributed by atoms with E-state index in [1.807, 2.05) is 12.1 Å². The van der Waals surface area contributed by atoms with Crippen molar-refractivity contribution in [2.24, 2.45) is 0 Å². The Morgan fingerprint density at radius 2 is 0.933 bits per heavy atom. The second-order valence-corrected chi connectivity index (χ2v) is 9.09. The highest BCUT2D eigenvalue weighted by atomic mass is 15.3. The Hall–Kier alpha value is -2.32. The third kappa shape index (κ3) is 3.41. The topological polar surface area (TPSA) is 64.5 Å². The first-order valence-electron chi connectivity index (χ1n) is 11.5. The fourth-order valence-electron chi connectivity index (χ4n) is 5.61. The van der Waals surface area contributed by atoms with E-state index >= 15 is 0 Å². The first-order chi connectivity index (χ1) is 14.8. The number of rotatable bonds is 3. The van der Waals surface area contributed by atoms with Crippen LogP contribution < -0.4 is 9.80 Å². The molecule has 2 aromatic rings. The first-order valence-corrected chi connectivity index (χ1v) is 11.5. The molecule has 0 radical (unpaired) electrons. The summed E-state index contributed by atoms with van der Waals surface area (Å²) in [4.78, 5) is 10.0. The fourth-order valence-corrected chi connectivity index (χ4v) is 5.61. The van der Waals surface area contributed by atoms with Crippen LogP contribution in [0.25, 0.3) is 11.4 Å². The summed E-state index contributed by atoms with van der Waals surface area (Å²) in [6.07, 6.45) is 4.91. The summed E-state index contributed by atoms with van der Waals surface area (Å²) in [5, 5.41) is 18.1. The zero-order chi connectivity index (χ0) is 19.9. The minimum absolute atomic E-state index is 0.600. The van der Waals surface area contributed by atoms with Crippen molar-refractivity contribution in [1.29, 1.82) is 0 Å². The Labute approximate surface area is 177 Å². The molecule has 0 aromatic carbocycles. The fraction of sp³-hybridized carbons (Fsp3) is 0.636. The van der Waals surface area contributed by atoms with Crippen LogP contribution in [0.4, 0.5) is 11.6 Å². The molecular formula is C22H30N8. The Morgan fingerprint density at radius 3 is 1.30 bits per heavy atom. The zero-order valence-electron chi connectivity index (χ0n) is 17.5. The van der Waals surface area contributed by atoms with Gasteiger partial charge in [-0.05, 0) is 49.9 Å². The average Bonchev–Trinajstić information content (AvgIpc) is 3.31. The van der Waals surface area contributed by atoms with Gasteiger partial charge in [-0.1, -0.05) is 0 Å². The Morgan fingerprint density at radius 1 is 0.500 bits per heavy atom. The van der Waals surface area contributed by atoms with Crippen LogP contribution in [0.15, 0.2) is 24.3 Å². The first kappa shape index (κ1) is 18.4. The predicted molar refractivity (Wildman–Crippen MR) is 117 cm³/mol. The lowest BCUT2D eigenvalue weighted by atomic mass is 10.1. The molecule has 8 heterocycles. The van der Waals surface area contributed by atoms with Crippen molar-refractivity contribution in [1.82, 2.24) is 30.2 Å². The number of nitrogens with zero attached hydrogens (tertiary/aromatic N) is 8. The lowest BCUT2D eigenvalue weighted by molar-refractivity contribution is 0.250. The Kier molecular flexibility index (Phi) is 4.76.